The van der Waals surface area contributed by atoms with Gasteiger partial charge < -0.3 is 9.84 Å². The van der Waals surface area contributed by atoms with Gasteiger partial charge in [-0.1, -0.05) is 26.0 Å². The Bertz CT molecular complexity index is 342. The molecular weight excluding hydrogens is 176 g/mol. The standard InChI is InChI=1S/C12H16O2/c1-12(2,8-13)10-4-3-5-11-9(10)6-7-14-11/h3-5,13H,6-8H2,1-2H3. The van der Waals surface area contributed by atoms with E-state index < -0.39 is 0 Å². The number of ether oxygens (including phenoxy) is 1. The fourth-order valence-corrected chi connectivity index (χ4v) is 1.94. The Morgan fingerprint density at radius 2 is 2.21 bits per heavy atom. The molecule has 0 saturated heterocycles. The van der Waals surface area contributed by atoms with Crippen LogP contribution in [0.3, 0.4) is 0 Å². The van der Waals surface area contributed by atoms with Crippen molar-refractivity contribution in [1.29, 1.82) is 0 Å². The average molecular weight is 192 g/mol. The van der Waals surface area contributed by atoms with Crippen LogP contribution in [0.5, 0.6) is 5.75 Å². The number of aliphatic hydroxyl groups excluding tert-OH is 1. The highest BCUT2D eigenvalue weighted by Crippen LogP contribution is 2.34. The van der Waals surface area contributed by atoms with Crippen molar-refractivity contribution in [2.24, 2.45) is 0 Å². The third-order valence-electron chi connectivity index (χ3n) is 2.87. The Kier molecular flexibility index (Phi) is 2.23. The van der Waals surface area contributed by atoms with Gasteiger partial charge in [0.25, 0.3) is 0 Å². The third-order valence-corrected chi connectivity index (χ3v) is 2.87. The number of hydrogen-bond acceptors (Lipinski definition) is 2. The SMILES string of the molecule is CC(C)(CO)c1cccc2c1CCO2. The van der Waals surface area contributed by atoms with Gasteiger partial charge >= 0.3 is 0 Å². The van der Waals surface area contributed by atoms with Crippen LogP contribution in [-0.2, 0) is 11.8 Å². The number of aliphatic hydroxyl groups is 1. The second kappa shape index (κ2) is 3.28. The van der Waals surface area contributed by atoms with Crippen LogP contribution in [0.1, 0.15) is 25.0 Å². The maximum absolute atomic E-state index is 9.34. The number of rotatable bonds is 2. The molecule has 0 unspecified atom stereocenters. The summed E-state index contributed by atoms with van der Waals surface area (Å²) in [4.78, 5) is 0. The molecule has 1 aliphatic heterocycles. The van der Waals surface area contributed by atoms with Crippen LogP contribution in [0, 0.1) is 0 Å². The molecule has 76 valence electrons. The number of benzene rings is 1. The Morgan fingerprint density at radius 3 is 2.93 bits per heavy atom. The second-order valence-electron chi connectivity index (χ2n) is 4.42. The monoisotopic (exact) mass is 192 g/mol. The van der Waals surface area contributed by atoms with Crippen LogP contribution >= 0.6 is 0 Å². The van der Waals surface area contributed by atoms with Crippen molar-refractivity contribution in [3.63, 3.8) is 0 Å². The second-order valence-corrected chi connectivity index (χ2v) is 4.42. The van der Waals surface area contributed by atoms with Crippen molar-refractivity contribution in [2.75, 3.05) is 13.2 Å². The maximum atomic E-state index is 9.34. The molecule has 2 heteroatoms. The van der Waals surface area contributed by atoms with E-state index in [-0.39, 0.29) is 12.0 Å². The van der Waals surface area contributed by atoms with Gasteiger partial charge in [0.15, 0.2) is 0 Å². The molecule has 2 rings (SSSR count). The number of fused-ring (bicyclic) bond motifs is 1. The molecule has 1 aromatic rings. The van der Waals surface area contributed by atoms with Gasteiger partial charge in [0, 0.05) is 17.4 Å². The van der Waals surface area contributed by atoms with E-state index in [1.165, 1.54) is 11.1 Å². The van der Waals surface area contributed by atoms with Crippen LogP contribution in [0.4, 0.5) is 0 Å². The molecule has 0 aromatic heterocycles. The lowest BCUT2D eigenvalue weighted by molar-refractivity contribution is 0.218. The van der Waals surface area contributed by atoms with Gasteiger partial charge in [-0.05, 0) is 11.6 Å². The van der Waals surface area contributed by atoms with E-state index in [9.17, 15) is 5.11 Å². The zero-order valence-corrected chi connectivity index (χ0v) is 8.71. The molecule has 1 aliphatic rings. The minimum atomic E-state index is -0.168. The smallest absolute Gasteiger partial charge is 0.122 e. The Hall–Kier alpha value is -1.02. The molecule has 1 heterocycles. The number of hydrogen-bond donors (Lipinski definition) is 1. The first-order valence-corrected chi connectivity index (χ1v) is 5.01. The summed E-state index contributed by atoms with van der Waals surface area (Å²) in [5.41, 5.74) is 2.32. The van der Waals surface area contributed by atoms with Gasteiger partial charge in [-0.3, -0.25) is 0 Å². The van der Waals surface area contributed by atoms with Crippen LogP contribution < -0.4 is 4.74 Å². The lowest BCUT2D eigenvalue weighted by atomic mass is 9.82. The topological polar surface area (TPSA) is 29.5 Å². The van der Waals surface area contributed by atoms with Crippen molar-refractivity contribution in [1.82, 2.24) is 0 Å². The van der Waals surface area contributed by atoms with Gasteiger partial charge in [0.2, 0.25) is 0 Å². The van der Waals surface area contributed by atoms with E-state index in [2.05, 4.69) is 19.9 Å². The molecule has 0 fully saturated rings. The quantitative estimate of drug-likeness (QED) is 0.775. The molecule has 0 radical (unpaired) electrons. The largest absolute Gasteiger partial charge is 0.493 e. The van der Waals surface area contributed by atoms with Gasteiger partial charge in [-0.15, -0.1) is 0 Å². The highest BCUT2D eigenvalue weighted by atomic mass is 16.5. The molecular formula is C12H16O2. The molecule has 0 aliphatic carbocycles. The third kappa shape index (κ3) is 1.40. The minimum Gasteiger partial charge on any atom is -0.493 e. The molecule has 0 spiro atoms. The average Bonchev–Trinajstić information content (AvgIpc) is 2.64. The fraction of sp³-hybridized carbons (Fsp3) is 0.500. The van der Waals surface area contributed by atoms with E-state index in [1.54, 1.807) is 0 Å². The summed E-state index contributed by atoms with van der Waals surface area (Å²) in [6, 6.07) is 6.08. The van der Waals surface area contributed by atoms with E-state index in [4.69, 9.17) is 4.74 Å². The van der Waals surface area contributed by atoms with Crippen molar-refractivity contribution >= 4 is 0 Å². The summed E-state index contributed by atoms with van der Waals surface area (Å²) >= 11 is 0. The van der Waals surface area contributed by atoms with Crippen LogP contribution in [0.25, 0.3) is 0 Å². The van der Waals surface area contributed by atoms with Crippen molar-refractivity contribution < 1.29 is 9.84 Å². The first-order chi connectivity index (χ1) is 6.65. The molecule has 1 N–H and O–H groups in total. The van der Waals surface area contributed by atoms with Gasteiger partial charge in [0.05, 0.1) is 13.2 Å². The molecule has 0 saturated carbocycles. The van der Waals surface area contributed by atoms with Gasteiger partial charge in [0.1, 0.15) is 5.75 Å². The molecule has 0 bridgehead atoms. The molecule has 14 heavy (non-hydrogen) atoms. The Balaban J connectivity index is 2.49. The summed E-state index contributed by atoms with van der Waals surface area (Å²) < 4.78 is 5.50. The first kappa shape index (κ1) is 9.53. The van der Waals surface area contributed by atoms with Crippen LogP contribution in [0.2, 0.25) is 0 Å². The zero-order chi connectivity index (χ0) is 10.2. The normalized spacial score (nSPS) is 15.1. The highest BCUT2D eigenvalue weighted by molar-refractivity contribution is 5.46. The predicted octanol–water partition coefficient (Wildman–Crippen LogP) is 1.89. The molecule has 0 amide bonds. The lowest BCUT2D eigenvalue weighted by Gasteiger charge is -2.24. The summed E-state index contributed by atoms with van der Waals surface area (Å²) in [5, 5.41) is 9.34. The molecule has 0 atom stereocenters. The van der Waals surface area contributed by atoms with Crippen molar-refractivity contribution in [3.8, 4) is 5.75 Å². The van der Waals surface area contributed by atoms with E-state index in [0.717, 1.165) is 18.8 Å². The predicted molar refractivity (Wildman–Crippen MR) is 55.8 cm³/mol. The first-order valence-electron chi connectivity index (χ1n) is 5.01. The maximum Gasteiger partial charge on any atom is 0.122 e. The van der Waals surface area contributed by atoms with Crippen LogP contribution in [0.15, 0.2) is 18.2 Å². The minimum absolute atomic E-state index is 0.168. The Morgan fingerprint density at radius 1 is 1.43 bits per heavy atom. The lowest BCUT2D eigenvalue weighted by Crippen LogP contribution is -2.23. The molecule has 2 nitrogen and oxygen atoms in total. The van der Waals surface area contributed by atoms with Crippen LogP contribution in [-0.4, -0.2) is 18.3 Å². The summed E-state index contributed by atoms with van der Waals surface area (Å²) in [6.07, 6.45) is 0.967. The summed E-state index contributed by atoms with van der Waals surface area (Å²) in [5.74, 6) is 0.990. The zero-order valence-electron chi connectivity index (χ0n) is 8.71. The van der Waals surface area contributed by atoms with Crippen molar-refractivity contribution in [2.45, 2.75) is 25.7 Å². The van der Waals surface area contributed by atoms with Gasteiger partial charge in [-0.25, -0.2) is 0 Å². The van der Waals surface area contributed by atoms with E-state index in [1.807, 2.05) is 12.1 Å². The molecule has 1 aromatic carbocycles. The highest BCUT2D eigenvalue weighted by Gasteiger charge is 2.26. The van der Waals surface area contributed by atoms with E-state index >= 15 is 0 Å². The van der Waals surface area contributed by atoms with Gasteiger partial charge in [-0.2, -0.15) is 0 Å². The van der Waals surface area contributed by atoms with E-state index in [0.29, 0.717) is 0 Å². The fourth-order valence-electron chi connectivity index (χ4n) is 1.94. The Labute approximate surface area is 84.5 Å². The van der Waals surface area contributed by atoms with Crippen molar-refractivity contribution in [3.05, 3.63) is 29.3 Å². The summed E-state index contributed by atoms with van der Waals surface area (Å²) in [6.45, 7) is 5.05. The summed E-state index contributed by atoms with van der Waals surface area (Å²) in [7, 11) is 0.